The summed E-state index contributed by atoms with van der Waals surface area (Å²) in [5, 5.41) is 10.4. The molecule has 3 unspecified atom stereocenters. The largest absolute Gasteiger partial charge is 0.481 e. The molecule has 1 N–H and O–H groups in total. The molecular formula is C15H16BrClO2. The molecule has 102 valence electrons. The van der Waals surface area contributed by atoms with Crippen molar-refractivity contribution in [3.8, 4) is 0 Å². The van der Waals surface area contributed by atoms with E-state index in [0.29, 0.717) is 23.3 Å². The minimum atomic E-state index is -0.640. The highest BCUT2D eigenvalue weighted by Gasteiger charge is 2.55. The molecule has 0 saturated heterocycles. The van der Waals surface area contributed by atoms with Gasteiger partial charge in [-0.05, 0) is 55.2 Å². The Labute approximate surface area is 126 Å². The fourth-order valence-electron chi connectivity index (χ4n) is 4.00. The Kier molecular flexibility index (Phi) is 3.38. The minimum Gasteiger partial charge on any atom is -0.481 e. The van der Waals surface area contributed by atoms with Crippen LogP contribution in [0.2, 0.25) is 5.02 Å². The summed E-state index contributed by atoms with van der Waals surface area (Å²) in [6.07, 6.45) is 4.73. The van der Waals surface area contributed by atoms with Crippen molar-refractivity contribution in [1.29, 1.82) is 0 Å². The summed E-state index contributed by atoms with van der Waals surface area (Å²) >= 11 is 9.64. The van der Waals surface area contributed by atoms with Gasteiger partial charge < -0.3 is 5.11 Å². The van der Waals surface area contributed by atoms with Crippen LogP contribution in [0.3, 0.4) is 0 Å². The van der Waals surface area contributed by atoms with Gasteiger partial charge in [0.15, 0.2) is 0 Å². The molecule has 0 radical (unpaired) electrons. The number of halogens is 2. The third-order valence-corrected chi connectivity index (χ3v) is 5.77. The number of hydrogen-bond donors (Lipinski definition) is 1. The summed E-state index contributed by atoms with van der Waals surface area (Å²) in [4.78, 5) is 11.8. The highest BCUT2D eigenvalue weighted by Crippen LogP contribution is 2.57. The van der Waals surface area contributed by atoms with Gasteiger partial charge in [-0.1, -0.05) is 40.0 Å². The van der Waals surface area contributed by atoms with E-state index in [1.165, 1.54) is 6.42 Å². The van der Waals surface area contributed by atoms with Crippen LogP contribution >= 0.6 is 27.5 Å². The Balaban J connectivity index is 1.93. The molecule has 2 aliphatic rings. The summed E-state index contributed by atoms with van der Waals surface area (Å²) in [6, 6.07) is 5.73. The predicted molar refractivity (Wildman–Crippen MR) is 78.4 cm³/mol. The number of aliphatic carboxylic acids is 1. The van der Waals surface area contributed by atoms with Crippen molar-refractivity contribution in [1.82, 2.24) is 0 Å². The molecule has 0 spiro atoms. The molecule has 0 aliphatic heterocycles. The Morgan fingerprint density at radius 1 is 1.47 bits per heavy atom. The predicted octanol–water partition coefficient (Wildman–Crippen LogP) is 4.54. The second kappa shape index (κ2) is 4.78. The van der Waals surface area contributed by atoms with Gasteiger partial charge in [-0.15, -0.1) is 0 Å². The van der Waals surface area contributed by atoms with Crippen LogP contribution in [-0.2, 0) is 11.2 Å². The summed E-state index contributed by atoms with van der Waals surface area (Å²) in [7, 11) is 0. The lowest BCUT2D eigenvalue weighted by atomic mass is 9.69. The van der Waals surface area contributed by atoms with Crippen molar-refractivity contribution in [3.05, 3.63) is 33.3 Å². The van der Waals surface area contributed by atoms with Crippen molar-refractivity contribution in [2.45, 2.75) is 32.1 Å². The van der Waals surface area contributed by atoms with Gasteiger partial charge in [-0.25, -0.2) is 0 Å². The zero-order valence-electron chi connectivity index (χ0n) is 10.5. The number of benzene rings is 1. The van der Waals surface area contributed by atoms with Crippen molar-refractivity contribution < 1.29 is 9.90 Å². The average molecular weight is 344 g/mol. The normalized spacial score (nSPS) is 32.7. The van der Waals surface area contributed by atoms with E-state index in [1.807, 2.05) is 18.2 Å². The quantitative estimate of drug-likeness (QED) is 0.875. The fraction of sp³-hybridized carbons (Fsp3) is 0.533. The lowest BCUT2D eigenvalue weighted by Crippen LogP contribution is -2.38. The van der Waals surface area contributed by atoms with Crippen molar-refractivity contribution in [2.24, 2.45) is 17.3 Å². The first-order valence-corrected chi connectivity index (χ1v) is 7.86. The molecule has 2 aliphatic carbocycles. The van der Waals surface area contributed by atoms with Crippen molar-refractivity contribution >= 4 is 33.5 Å². The fourth-order valence-corrected chi connectivity index (χ4v) is 4.74. The first kappa shape index (κ1) is 13.4. The zero-order chi connectivity index (χ0) is 13.6. The van der Waals surface area contributed by atoms with Crippen LogP contribution in [0.1, 0.15) is 31.2 Å². The lowest BCUT2D eigenvalue weighted by molar-refractivity contribution is -0.152. The molecule has 3 rings (SSSR count). The van der Waals surface area contributed by atoms with Crippen LogP contribution in [0.15, 0.2) is 22.7 Å². The van der Waals surface area contributed by atoms with Gasteiger partial charge >= 0.3 is 5.97 Å². The Bertz CT molecular complexity index is 531. The van der Waals surface area contributed by atoms with Crippen LogP contribution in [0.5, 0.6) is 0 Å². The second-order valence-electron chi connectivity index (χ2n) is 5.95. The first-order valence-electron chi connectivity index (χ1n) is 6.68. The molecule has 4 heteroatoms. The molecule has 2 nitrogen and oxygen atoms in total. The molecule has 19 heavy (non-hydrogen) atoms. The molecule has 0 amide bonds. The maximum atomic E-state index is 11.8. The summed E-state index contributed by atoms with van der Waals surface area (Å²) in [5.74, 6) is 0.295. The lowest BCUT2D eigenvalue weighted by Gasteiger charge is -2.34. The van der Waals surface area contributed by atoms with Crippen LogP contribution in [0.4, 0.5) is 0 Å². The number of rotatable bonds is 3. The standard InChI is InChI=1S/C15H16BrClO2/c16-12-4-2-10(13(17)6-12)8-15(14(18)19)7-9-1-3-11(15)5-9/h2,4,6,9,11H,1,3,5,7-8H2,(H,18,19). The summed E-state index contributed by atoms with van der Waals surface area (Å²) < 4.78 is 0.929. The molecular weight excluding hydrogens is 328 g/mol. The molecule has 1 aromatic rings. The van der Waals surface area contributed by atoms with Crippen LogP contribution in [0.25, 0.3) is 0 Å². The summed E-state index contributed by atoms with van der Waals surface area (Å²) in [6.45, 7) is 0. The number of hydrogen-bond acceptors (Lipinski definition) is 1. The van der Waals surface area contributed by atoms with Gasteiger partial charge in [0.25, 0.3) is 0 Å². The van der Waals surface area contributed by atoms with E-state index in [9.17, 15) is 9.90 Å². The van der Waals surface area contributed by atoms with E-state index in [0.717, 1.165) is 29.3 Å². The number of fused-ring (bicyclic) bond motifs is 2. The van der Waals surface area contributed by atoms with Gasteiger partial charge in [0.2, 0.25) is 0 Å². The maximum absolute atomic E-state index is 11.8. The van der Waals surface area contributed by atoms with Gasteiger partial charge in [-0.3, -0.25) is 4.79 Å². The molecule has 3 atom stereocenters. The molecule has 1 aromatic carbocycles. The minimum absolute atomic E-state index is 0.328. The SMILES string of the molecule is O=C(O)C1(Cc2ccc(Br)cc2Cl)CC2CCC1C2. The molecule has 2 bridgehead atoms. The van der Waals surface area contributed by atoms with E-state index < -0.39 is 11.4 Å². The molecule has 0 heterocycles. The number of carboxylic acid groups (broad SMARTS) is 1. The molecule has 2 fully saturated rings. The summed E-state index contributed by atoms with van der Waals surface area (Å²) in [5.41, 5.74) is 0.375. The smallest absolute Gasteiger partial charge is 0.310 e. The highest BCUT2D eigenvalue weighted by atomic mass is 79.9. The Morgan fingerprint density at radius 3 is 2.79 bits per heavy atom. The van der Waals surface area contributed by atoms with Gasteiger partial charge in [0.1, 0.15) is 0 Å². The Morgan fingerprint density at radius 2 is 2.26 bits per heavy atom. The van der Waals surface area contributed by atoms with Crippen LogP contribution < -0.4 is 0 Å². The van der Waals surface area contributed by atoms with E-state index in [-0.39, 0.29) is 0 Å². The van der Waals surface area contributed by atoms with Gasteiger partial charge in [-0.2, -0.15) is 0 Å². The van der Waals surface area contributed by atoms with Crippen molar-refractivity contribution in [2.75, 3.05) is 0 Å². The van der Waals surface area contributed by atoms with Crippen LogP contribution in [-0.4, -0.2) is 11.1 Å². The number of carboxylic acids is 1. The topological polar surface area (TPSA) is 37.3 Å². The highest BCUT2D eigenvalue weighted by molar-refractivity contribution is 9.10. The third kappa shape index (κ3) is 2.21. The second-order valence-corrected chi connectivity index (χ2v) is 7.28. The molecule has 2 saturated carbocycles. The number of carbonyl (C=O) groups is 1. The average Bonchev–Trinajstić information content (AvgIpc) is 2.93. The van der Waals surface area contributed by atoms with E-state index in [1.54, 1.807) is 0 Å². The maximum Gasteiger partial charge on any atom is 0.310 e. The first-order chi connectivity index (χ1) is 9.01. The van der Waals surface area contributed by atoms with Gasteiger partial charge in [0, 0.05) is 9.50 Å². The third-order valence-electron chi connectivity index (χ3n) is 4.92. The Hall–Kier alpha value is -0.540. The molecule has 0 aromatic heterocycles. The monoisotopic (exact) mass is 342 g/mol. The van der Waals surface area contributed by atoms with Crippen LogP contribution in [0, 0.1) is 17.3 Å². The van der Waals surface area contributed by atoms with E-state index >= 15 is 0 Å². The van der Waals surface area contributed by atoms with Gasteiger partial charge in [0.05, 0.1) is 5.41 Å². The zero-order valence-corrected chi connectivity index (χ0v) is 12.9. The van der Waals surface area contributed by atoms with Crippen molar-refractivity contribution in [3.63, 3.8) is 0 Å². The van der Waals surface area contributed by atoms with E-state index in [2.05, 4.69) is 15.9 Å². The van der Waals surface area contributed by atoms with E-state index in [4.69, 9.17) is 11.6 Å².